The number of hydrogen-bond donors (Lipinski definition) is 2. The lowest BCUT2D eigenvalue weighted by Gasteiger charge is -2.32. The Morgan fingerprint density at radius 1 is 1.18 bits per heavy atom. The first-order valence-electron chi connectivity index (χ1n) is 10.9. The first-order valence-corrected chi connectivity index (χ1v) is 12.3. The van der Waals surface area contributed by atoms with Gasteiger partial charge in [-0.05, 0) is 44.0 Å². The zero-order chi connectivity index (χ0) is 23.6. The predicted octanol–water partition coefficient (Wildman–Crippen LogP) is 3.03. The highest BCUT2D eigenvalue weighted by Gasteiger charge is 2.31. The summed E-state index contributed by atoms with van der Waals surface area (Å²) >= 11 is 0. The number of aromatic nitrogens is 1. The molecule has 3 aromatic rings. The van der Waals surface area contributed by atoms with Gasteiger partial charge in [-0.25, -0.2) is 8.42 Å². The van der Waals surface area contributed by atoms with Crippen LogP contribution in [0.25, 0.3) is 10.9 Å². The second-order valence-corrected chi connectivity index (χ2v) is 10.1. The van der Waals surface area contributed by atoms with E-state index in [4.69, 9.17) is 4.74 Å². The molecular formula is C24H27N3O5S. The van der Waals surface area contributed by atoms with Gasteiger partial charge in [-0.3, -0.25) is 9.59 Å². The number of nitrogens with one attached hydrogen (secondary N) is 2. The summed E-state index contributed by atoms with van der Waals surface area (Å²) in [6.45, 7) is 2.58. The van der Waals surface area contributed by atoms with Crippen LogP contribution in [0, 0.1) is 0 Å². The van der Waals surface area contributed by atoms with Gasteiger partial charge < -0.3 is 15.0 Å². The van der Waals surface area contributed by atoms with Gasteiger partial charge in [0.2, 0.25) is 15.6 Å². The summed E-state index contributed by atoms with van der Waals surface area (Å²) in [4.78, 5) is 28.0. The van der Waals surface area contributed by atoms with Crippen molar-refractivity contribution in [3.63, 3.8) is 0 Å². The van der Waals surface area contributed by atoms with Crippen LogP contribution in [-0.4, -0.2) is 43.3 Å². The minimum atomic E-state index is -3.73. The Morgan fingerprint density at radius 3 is 2.73 bits per heavy atom. The minimum Gasteiger partial charge on any atom is -0.496 e. The summed E-state index contributed by atoms with van der Waals surface area (Å²) in [5.41, 5.74) is 0.859. The molecule has 1 aromatic heterocycles. The number of nitrogens with zero attached hydrogens (tertiary/aromatic N) is 1. The molecule has 2 aromatic carbocycles. The van der Waals surface area contributed by atoms with Crippen LogP contribution < -0.4 is 15.6 Å². The number of hydrogen-bond acceptors (Lipinski definition) is 5. The summed E-state index contributed by atoms with van der Waals surface area (Å²) in [6, 6.07) is 12.9. The molecule has 1 fully saturated rings. The molecule has 9 heteroatoms. The molecule has 0 spiro atoms. The maximum atomic E-state index is 13.3. The molecule has 0 radical (unpaired) electrons. The fraction of sp³-hybridized carbons (Fsp3) is 0.333. The Labute approximate surface area is 192 Å². The average Bonchev–Trinajstić information content (AvgIpc) is 2.82. The second-order valence-electron chi connectivity index (χ2n) is 8.21. The van der Waals surface area contributed by atoms with Crippen molar-refractivity contribution in [2.45, 2.75) is 43.7 Å². The number of ether oxygens (including phenoxy) is 1. The number of carbonyl (C=O) groups excluding carboxylic acids is 1. The summed E-state index contributed by atoms with van der Waals surface area (Å²) < 4.78 is 33.5. The minimum absolute atomic E-state index is 0.0846. The number of sulfonamides is 1. The highest BCUT2D eigenvalue weighted by atomic mass is 32.2. The van der Waals surface area contributed by atoms with E-state index in [9.17, 15) is 18.0 Å². The van der Waals surface area contributed by atoms with Crippen LogP contribution in [0.1, 0.15) is 42.1 Å². The molecule has 1 aliphatic rings. The third kappa shape index (κ3) is 4.65. The molecule has 174 valence electrons. The van der Waals surface area contributed by atoms with E-state index in [1.165, 1.54) is 28.6 Å². The van der Waals surface area contributed by atoms with E-state index in [1.807, 2.05) is 25.1 Å². The zero-order valence-electron chi connectivity index (χ0n) is 18.6. The number of benzene rings is 2. The molecule has 0 saturated carbocycles. The average molecular weight is 470 g/mol. The van der Waals surface area contributed by atoms with Crippen molar-refractivity contribution in [2.75, 3.05) is 13.7 Å². The highest BCUT2D eigenvalue weighted by molar-refractivity contribution is 7.89. The van der Waals surface area contributed by atoms with Crippen molar-refractivity contribution >= 4 is 26.8 Å². The van der Waals surface area contributed by atoms with Gasteiger partial charge in [0.05, 0.1) is 17.6 Å². The Balaban J connectivity index is 1.69. The third-order valence-electron chi connectivity index (χ3n) is 6.04. The largest absolute Gasteiger partial charge is 0.496 e. The van der Waals surface area contributed by atoms with Crippen molar-refractivity contribution in [1.29, 1.82) is 0 Å². The number of aromatic amines is 1. The lowest BCUT2D eigenvalue weighted by atomic mass is 10.1. The predicted molar refractivity (Wildman–Crippen MR) is 126 cm³/mol. The molecular weight excluding hydrogens is 442 g/mol. The van der Waals surface area contributed by atoms with Crippen LogP contribution in [0.4, 0.5) is 0 Å². The van der Waals surface area contributed by atoms with E-state index in [0.29, 0.717) is 23.2 Å². The van der Waals surface area contributed by atoms with Crippen molar-refractivity contribution in [3.8, 4) is 5.75 Å². The topological polar surface area (TPSA) is 109 Å². The van der Waals surface area contributed by atoms with Crippen molar-refractivity contribution in [2.24, 2.45) is 0 Å². The maximum Gasteiger partial charge on any atom is 0.252 e. The fourth-order valence-corrected chi connectivity index (χ4v) is 5.99. The number of piperidine rings is 1. The van der Waals surface area contributed by atoms with Crippen LogP contribution in [0.5, 0.6) is 5.75 Å². The standard InChI is InChI=1S/C24H27N3O5S/c1-16-7-5-6-12-27(16)33(30,31)18-10-11-21-19(13-18)20(14-23(28)26-21)24(29)25-15-17-8-3-4-9-22(17)32-2/h3-4,8-11,13-14,16H,5-7,12,15H2,1-2H3,(H,25,29)(H,26,28). The van der Waals surface area contributed by atoms with Gasteiger partial charge in [0.25, 0.3) is 5.91 Å². The van der Waals surface area contributed by atoms with Gasteiger partial charge >= 0.3 is 0 Å². The summed E-state index contributed by atoms with van der Waals surface area (Å²) in [7, 11) is -2.17. The molecule has 33 heavy (non-hydrogen) atoms. The van der Waals surface area contributed by atoms with E-state index in [2.05, 4.69) is 10.3 Å². The summed E-state index contributed by atoms with van der Waals surface area (Å²) in [5, 5.41) is 3.18. The summed E-state index contributed by atoms with van der Waals surface area (Å²) in [5.74, 6) is 0.162. The van der Waals surface area contributed by atoms with E-state index in [-0.39, 0.29) is 23.0 Å². The lowest BCUT2D eigenvalue weighted by molar-refractivity contribution is 0.0952. The molecule has 2 N–H and O–H groups in total. The van der Waals surface area contributed by atoms with Gasteiger partial charge in [-0.15, -0.1) is 0 Å². The van der Waals surface area contributed by atoms with Crippen LogP contribution in [0.15, 0.2) is 58.2 Å². The van der Waals surface area contributed by atoms with Gasteiger partial charge in [-0.2, -0.15) is 4.31 Å². The van der Waals surface area contributed by atoms with Crippen molar-refractivity contribution in [1.82, 2.24) is 14.6 Å². The number of pyridine rings is 1. The van der Waals surface area contributed by atoms with Crippen LogP contribution in [-0.2, 0) is 16.6 Å². The Kier molecular flexibility index (Phi) is 6.53. The van der Waals surface area contributed by atoms with Gasteiger partial charge in [0.1, 0.15) is 5.75 Å². The number of rotatable bonds is 6. The van der Waals surface area contributed by atoms with Gasteiger partial charge in [-0.1, -0.05) is 24.6 Å². The van der Waals surface area contributed by atoms with E-state index < -0.39 is 21.5 Å². The van der Waals surface area contributed by atoms with Gasteiger partial charge in [0, 0.05) is 41.7 Å². The molecule has 0 aliphatic carbocycles. The maximum absolute atomic E-state index is 13.3. The molecule has 1 atom stereocenters. The normalized spacial score (nSPS) is 17.1. The van der Waals surface area contributed by atoms with Gasteiger partial charge in [0.15, 0.2) is 0 Å². The van der Waals surface area contributed by atoms with E-state index in [0.717, 1.165) is 24.8 Å². The van der Waals surface area contributed by atoms with Crippen molar-refractivity contribution in [3.05, 3.63) is 70.0 Å². The van der Waals surface area contributed by atoms with Crippen LogP contribution in [0.3, 0.4) is 0 Å². The zero-order valence-corrected chi connectivity index (χ0v) is 19.4. The molecule has 0 bridgehead atoms. The van der Waals surface area contributed by atoms with E-state index >= 15 is 0 Å². The smallest absolute Gasteiger partial charge is 0.252 e. The number of fused-ring (bicyclic) bond motifs is 1. The Bertz CT molecular complexity index is 1350. The number of amides is 1. The molecule has 1 unspecified atom stereocenters. The molecule has 1 saturated heterocycles. The number of para-hydroxylation sites is 1. The Morgan fingerprint density at radius 2 is 1.97 bits per heavy atom. The van der Waals surface area contributed by atoms with E-state index in [1.54, 1.807) is 13.2 Å². The molecule has 2 heterocycles. The SMILES string of the molecule is COc1ccccc1CNC(=O)c1cc(=O)[nH]c2ccc(S(=O)(=O)N3CCCCC3C)cc12. The molecule has 4 rings (SSSR count). The third-order valence-corrected chi connectivity index (χ3v) is 8.05. The first kappa shape index (κ1) is 23.0. The Hall–Kier alpha value is -3.17. The van der Waals surface area contributed by atoms with Crippen LogP contribution in [0.2, 0.25) is 0 Å². The van der Waals surface area contributed by atoms with Crippen molar-refractivity contribution < 1.29 is 17.9 Å². The lowest BCUT2D eigenvalue weighted by Crippen LogP contribution is -2.41. The number of carbonyl (C=O) groups is 1. The molecule has 1 amide bonds. The molecule has 8 nitrogen and oxygen atoms in total. The fourth-order valence-electron chi connectivity index (χ4n) is 4.27. The highest BCUT2D eigenvalue weighted by Crippen LogP contribution is 2.28. The quantitative estimate of drug-likeness (QED) is 0.577. The monoisotopic (exact) mass is 469 g/mol. The first-order chi connectivity index (χ1) is 15.8. The number of H-pyrrole nitrogens is 1. The van der Waals surface area contributed by atoms with Crippen LogP contribution >= 0.6 is 0 Å². The number of methoxy groups -OCH3 is 1. The second kappa shape index (κ2) is 9.36. The summed E-state index contributed by atoms with van der Waals surface area (Å²) in [6.07, 6.45) is 2.64. The molecule has 1 aliphatic heterocycles.